The third-order valence-electron chi connectivity index (χ3n) is 8.42. The number of alkyl halides is 2. The maximum Gasteiger partial charge on any atom is 0.332 e. The number of hydrogen-bond donors (Lipinski definition) is 0. The standard InChI is InChI=1S/C23H36Cl2P2/c1-5-17-13-14-18(6-2)26(17)21-11-9-10-12-22(21)27(23(26,24)25)19(7-3)15-16-20(27)8-4/h9-12,17-20H,5-8,13-16H2,1-4H3/q+2/t17-,18-,19-,20-/m1/s1. The van der Waals surface area contributed by atoms with Crippen molar-refractivity contribution >= 4 is 48.3 Å². The van der Waals surface area contributed by atoms with Crippen molar-refractivity contribution in [2.75, 3.05) is 0 Å². The van der Waals surface area contributed by atoms with Crippen LogP contribution in [0.1, 0.15) is 79.1 Å². The van der Waals surface area contributed by atoms with Crippen molar-refractivity contribution in [3.63, 3.8) is 0 Å². The van der Waals surface area contributed by atoms with Crippen LogP contribution in [0.25, 0.3) is 0 Å². The summed E-state index contributed by atoms with van der Waals surface area (Å²) in [5, 5.41) is 3.36. The van der Waals surface area contributed by atoms with Gasteiger partial charge in [0.15, 0.2) is 0 Å². The topological polar surface area (TPSA) is 0 Å². The Labute approximate surface area is 177 Å². The Morgan fingerprint density at radius 2 is 1.00 bits per heavy atom. The van der Waals surface area contributed by atoms with Gasteiger partial charge in [0, 0.05) is 0 Å². The first-order valence-electron chi connectivity index (χ1n) is 11.2. The van der Waals surface area contributed by atoms with Crippen molar-refractivity contribution in [2.45, 2.75) is 106 Å². The highest BCUT2D eigenvalue weighted by atomic mass is 35.5. The lowest BCUT2D eigenvalue weighted by Gasteiger charge is -2.41. The second-order valence-electron chi connectivity index (χ2n) is 8.96. The maximum atomic E-state index is 7.92. The van der Waals surface area contributed by atoms with Crippen LogP contribution < -0.4 is 10.6 Å². The summed E-state index contributed by atoms with van der Waals surface area (Å²) in [6, 6.07) is 9.52. The van der Waals surface area contributed by atoms with Gasteiger partial charge in [-0.15, -0.1) is 0 Å². The zero-order valence-corrected chi connectivity index (χ0v) is 20.7. The van der Waals surface area contributed by atoms with E-state index in [9.17, 15) is 0 Å². The normalized spacial score (nSPS) is 35.2. The van der Waals surface area contributed by atoms with E-state index in [4.69, 9.17) is 23.2 Å². The summed E-state index contributed by atoms with van der Waals surface area (Å²) in [4.78, 5) is 0. The van der Waals surface area contributed by atoms with Gasteiger partial charge in [-0.1, -0.05) is 39.8 Å². The molecule has 0 nitrogen and oxygen atoms in total. The predicted octanol–water partition coefficient (Wildman–Crippen LogP) is 7.78. The number of benzene rings is 1. The predicted molar refractivity (Wildman–Crippen MR) is 129 cm³/mol. The number of hydrogen-bond acceptors (Lipinski definition) is 0. The van der Waals surface area contributed by atoms with Crippen LogP contribution in [0.15, 0.2) is 24.3 Å². The Balaban J connectivity index is 2.08. The molecular weight excluding hydrogens is 409 g/mol. The van der Waals surface area contributed by atoms with Crippen LogP contribution in [-0.4, -0.2) is 26.5 Å². The fourth-order valence-electron chi connectivity index (χ4n) is 7.47. The Morgan fingerprint density at radius 3 is 1.26 bits per heavy atom. The molecule has 3 aliphatic heterocycles. The molecule has 27 heavy (non-hydrogen) atoms. The van der Waals surface area contributed by atoms with Crippen LogP contribution in [-0.2, 0) is 0 Å². The lowest BCUT2D eigenvalue weighted by Crippen LogP contribution is -2.35. The van der Waals surface area contributed by atoms with E-state index in [1.807, 2.05) is 0 Å². The summed E-state index contributed by atoms with van der Waals surface area (Å²) in [5.74, 6) is 0. The number of halogens is 2. The first-order valence-corrected chi connectivity index (χ1v) is 15.8. The van der Waals surface area contributed by atoms with Crippen LogP contribution >= 0.6 is 37.7 Å². The molecule has 4 atom stereocenters. The Hall–Kier alpha value is 0.660. The van der Waals surface area contributed by atoms with E-state index < -0.39 is 18.3 Å². The van der Waals surface area contributed by atoms with Gasteiger partial charge in [-0.25, -0.2) is 0 Å². The van der Waals surface area contributed by atoms with Crippen molar-refractivity contribution in [3.05, 3.63) is 24.3 Å². The quantitative estimate of drug-likeness (QED) is 0.328. The van der Waals surface area contributed by atoms with Gasteiger partial charge in [0.05, 0.1) is 22.6 Å². The first-order chi connectivity index (χ1) is 13.0. The Bertz CT molecular complexity index is 620. The molecule has 150 valence electrons. The average Bonchev–Trinajstić information content (AvgIpc) is 3.31. The summed E-state index contributed by atoms with van der Waals surface area (Å²) in [6.45, 7) is 9.57. The highest BCUT2D eigenvalue weighted by molar-refractivity contribution is 8.10. The molecule has 4 rings (SSSR count). The average molecular weight is 445 g/mol. The fraction of sp³-hybridized carbons (Fsp3) is 0.739. The molecular formula is C23H36Cl2P2+2. The Kier molecular flexibility index (Phi) is 5.74. The summed E-state index contributed by atoms with van der Waals surface area (Å²) in [5.41, 5.74) is 2.92. The Morgan fingerprint density at radius 1 is 0.704 bits per heavy atom. The number of rotatable bonds is 4. The van der Waals surface area contributed by atoms with Crippen LogP contribution in [0.5, 0.6) is 0 Å². The molecule has 1 aromatic carbocycles. The van der Waals surface area contributed by atoms with Crippen LogP contribution in [0.3, 0.4) is 0 Å². The zero-order chi connectivity index (χ0) is 19.4. The molecule has 2 spiro atoms. The first kappa shape index (κ1) is 20.9. The van der Waals surface area contributed by atoms with Gasteiger partial charge < -0.3 is 0 Å². The molecule has 0 aromatic heterocycles. The van der Waals surface area contributed by atoms with E-state index in [1.54, 1.807) is 10.6 Å². The number of fused-ring (bicyclic) bond motifs is 3. The summed E-state index contributed by atoms with van der Waals surface area (Å²) >= 11 is 15.8. The molecule has 4 heteroatoms. The van der Waals surface area contributed by atoms with Crippen LogP contribution in [0, 0.1) is 0 Å². The van der Waals surface area contributed by atoms with Gasteiger partial charge in [0.1, 0.15) is 25.1 Å². The van der Waals surface area contributed by atoms with Crippen molar-refractivity contribution in [3.8, 4) is 0 Å². The van der Waals surface area contributed by atoms with Gasteiger partial charge in [0.2, 0.25) is 0 Å². The highest BCUT2D eigenvalue weighted by Crippen LogP contribution is 3.01. The van der Waals surface area contributed by atoms with Crippen molar-refractivity contribution in [1.82, 2.24) is 0 Å². The second-order valence-corrected chi connectivity index (χ2v) is 20.0. The van der Waals surface area contributed by atoms with Gasteiger partial charge >= 0.3 is 3.82 Å². The van der Waals surface area contributed by atoms with E-state index in [0.717, 1.165) is 22.6 Å². The van der Waals surface area contributed by atoms with Gasteiger partial charge in [-0.05, 0) is 86.7 Å². The smallest absolute Gasteiger partial charge is 0.0616 e. The minimum Gasteiger partial charge on any atom is -0.0616 e. The SMILES string of the molecule is CC[C@@H]1CC[C@@H](CC)[P+]12c1ccccc1[P+]1([C@H](CC)CC[C@H]1CC)C2(Cl)Cl. The minimum absolute atomic E-state index is 0.487. The van der Waals surface area contributed by atoms with E-state index in [-0.39, 0.29) is 0 Å². The van der Waals surface area contributed by atoms with E-state index >= 15 is 0 Å². The second kappa shape index (κ2) is 7.41. The van der Waals surface area contributed by atoms with Crippen LogP contribution in [0.2, 0.25) is 0 Å². The largest absolute Gasteiger partial charge is 0.332 e. The molecule has 0 bridgehead atoms. The van der Waals surface area contributed by atoms with Gasteiger partial charge in [-0.3, -0.25) is 0 Å². The molecule has 0 N–H and O–H groups in total. The van der Waals surface area contributed by atoms with E-state index in [2.05, 4.69) is 52.0 Å². The van der Waals surface area contributed by atoms with Crippen molar-refractivity contribution in [1.29, 1.82) is 0 Å². The molecule has 3 aliphatic rings. The zero-order valence-electron chi connectivity index (χ0n) is 17.4. The van der Waals surface area contributed by atoms with Gasteiger partial charge in [0.25, 0.3) is 0 Å². The van der Waals surface area contributed by atoms with E-state index in [0.29, 0.717) is 0 Å². The molecule has 0 aliphatic carbocycles. The van der Waals surface area contributed by atoms with Gasteiger partial charge in [-0.2, -0.15) is 0 Å². The molecule has 2 saturated heterocycles. The molecule has 2 fully saturated rings. The summed E-state index contributed by atoms with van der Waals surface area (Å²) < 4.78 is -0.487. The maximum absolute atomic E-state index is 7.92. The summed E-state index contributed by atoms with van der Waals surface area (Å²) in [6.07, 6.45) is 10.3. The monoisotopic (exact) mass is 444 g/mol. The minimum atomic E-state index is -1.65. The lowest BCUT2D eigenvalue weighted by molar-refractivity contribution is 0.696. The van der Waals surface area contributed by atoms with Crippen molar-refractivity contribution < 1.29 is 0 Å². The summed E-state index contributed by atoms with van der Waals surface area (Å²) in [7, 11) is -3.29. The van der Waals surface area contributed by atoms with Crippen molar-refractivity contribution in [2.24, 2.45) is 0 Å². The third kappa shape index (κ3) is 2.32. The molecule has 1 aromatic rings. The third-order valence-corrected chi connectivity index (χ3v) is 25.2. The molecule has 3 heterocycles. The molecule has 0 saturated carbocycles. The molecule has 0 amide bonds. The molecule has 0 radical (unpaired) electrons. The van der Waals surface area contributed by atoms with E-state index in [1.165, 1.54) is 51.4 Å². The van der Waals surface area contributed by atoms with Crippen LogP contribution in [0.4, 0.5) is 0 Å². The fourth-order valence-corrected chi connectivity index (χ4v) is 28.9. The lowest BCUT2D eigenvalue weighted by atomic mass is 10.1. The highest BCUT2D eigenvalue weighted by Gasteiger charge is 2.89. The molecule has 0 unspecified atom stereocenters.